The summed E-state index contributed by atoms with van der Waals surface area (Å²) < 4.78 is 40.2. The fraction of sp³-hybridized carbons (Fsp3) is 0.471. The maximum absolute atomic E-state index is 12.1. The van der Waals surface area contributed by atoms with E-state index in [0.717, 1.165) is 37.8 Å². The second kappa shape index (κ2) is 8.20. The Balaban J connectivity index is 1.51. The largest absolute Gasteiger partial charge is 0.573 e. The number of rotatable bonds is 5. The maximum atomic E-state index is 12.1. The normalized spacial score (nSPS) is 22.1. The van der Waals surface area contributed by atoms with Crippen molar-refractivity contribution in [1.82, 2.24) is 5.32 Å². The van der Waals surface area contributed by atoms with Crippen LogP contribution in [0.15, 0.2) is 29.3 Å². The molecule has 1 saturated heterocycles. The smallest absolute Gasteiger partial charge is 0.406 e. The van der Waals surface area contributed by atoms with Gasteiger partial charge in [0.2, 0.25) is 11.8 Å². The molecule has 1 atom stereocenters. The molecule has 2 aliphatic rings. The van der Waals surface area contributed by atoms with E-state index in [2.05, 4.69) is 20.4 Å². The van der Waals surface area contributed by atoms with Crippen molar-refractivity contribution in [3.05, 3.63) is 24.3 Å². The molecule has 1 aromatic rings. The Kier molecular flexibility index (Phi) is 5.93. The summed E-state index contributed by atoms with van der Waals surface area (Å²) in [6.45, 7) is 0. The van der Waals surface area contributed by atoms with E-state index in [1.165, 1.54) is 23.9 Å². The van der Waals surface area contributed by atoms with Crippen LogP contribution in [0.4, 0.5) is 18.9 Å². The minimum absolute atomic E-state index is 0.0546. The highest BCUT2D eigenvalue weighted by molar-refractivity contribution is 8.15. The van der Waals surface area contributed by atoms with Gasteiger partial charge in [-0.05, 0) is 37.1 Å². The van der Waals surface area contributed by atoms with Gasteiger partial charge in [0.25, 0.3) is 0 Å². The molecule has 2 amide bonds. The number of nitrogens with zero attached hydrogens (tertiary/aromatic N) is 1. The van der Waals surface area contributed by atoms with Gasteiger partial charge >= 0.3 is 6.36 Å². The standard InChI is InChI=1S/C17H18F3N3O3S/c18-17(19,20)26-12-7-5-11(6-8-12)21-14(24)9-13-15(25)23-16(27-13)22-10-3-1-2-4-10/h5-8,10,13H,1-4,9H2,(H,21,24)(H,22,23,25)/t13-/m1/s1. The highest BCUT2D eigenvalue weighted by Gasteiger charge is 2.33. The summed E-state index contributed by atoms with van der Waals surface area (Å²) in [5, 5.41) is 5.24. The van der Waals surface area contributed by atoms with E-state index in [4.69, 9.17) is 0 Å². The van der Waals surface area contributed by atoms with Crippen molar-refractivity contribution in [2.75, 3.05) is 5.32 Å². The van der Waals surface area contributed by atoms with Gasteiger partial charge in [0, 0.05) is 12.1 Å². The first kappa shape index (κ1) is 19.5. The summed E-state index contributed by atoms with van der Waals surface area (Å²) in [5.74, 6) is -1.05. The van der Waals surface area contributed by atoms with Gasteiger partial charge in [-0.25, -0.2) is 0 Å². The number of hydrogen-bond acceptors (Lipinski definition) is 5. The van der Waals surface area contributed by atoms with Crippen molar-refractivity contribution in [1.29, 1.82) is 0 Å². The van der Waals surface area contributed by atoms with Crippen LogP contribution in [0, 0.1) is 0 Å². The number of aliphatic imine (C=N–C) groups is 1. The maximum Gasteiger partial charge on any atom is 0.573 e. The molecule has 0 unspecified atom stereocenters. The lowest BCUT2D eigenvalue weighted by atomic mass is 10.2. The van der Waals surface area contributed by atoms with Gasteiger partial charge in [-0.1, -0.05) is 24.6 Å². The van der Waals surface area contributed by atoms with Crippen LogP contribution >= 0.6 is 11.8 Å². The average molecular weight is 401 g/mol. The molecule has 1 saturated carbocycles. The molecule has 0 bridgehead atoms. The van der Waals surface area contributed by atoms with Crippen molar-refractivity contribution in [2.45, 2.75) is 49.8 Å². The van der Waals surface area contributed by atoms with Crippen LogP contribution in [0.3, 0.4) is 0 Å². The molecule has 146 valence electrons. The lowest BCUT2D eigenvalue weighted by Crippen LogP contribution is -2.28. The third kappa shape index (κ3) is 5.88. The minimum Gasteiger partial charge on any atom is -0.406 e. The Morgan fingerprint density at radius 3 is 2.56 bits per heavy atom. The van der Waals surface area contributed by atoms with E-state index < -0.39 is 17.5 Å². The van der Waals surface area contributed by atoms with Crippen molar-refractivity contribution < 1.29 is 27.5 Å². The van der Waals surface area contributed by atoms with Crippen molar-refractivity contribution in [2.24, 2.45) is 4.99 Å². The molecule has 1 aliphatic heterocycles. The molecule has 2 fully saturated rings. The fourth-order valence-corrected chi connectivity index (χ4v) is 3.96. The van der Waals surface area contributed by atoms with E-state index in [9.17, 15) is 22.8 Å². The Bertz CT molecular complexity index is 731. The van der Waals surface area contributed by atoms with Gasteiger partial charge in [-0.15, -0.1) is 13.2 Å². The van der Waals surface area contributed by atoms with Gasteiger partial charge < -0.3 is 15.4 Å². The zero-order valence-electron chi connectivity index (χ0n) is 14.2. The number of hydrogen-bond donors (Lipinski definition) is 2. The number of benzene rings is 1. The number of nitrogens with one attached hydrogen (secondary N) is 2. The van der Waals surface area contributed by atoms with Crippen LogP contribution in [0.5, 0.6) is 5.75 Å². The topological polar surface area (TPSA) is 79.8 Å². The SMILES string of the molecule is O=C(C[C@H]1SC(=NC2CCCC2)NC1=O)Nc1ccc(OC(F)(F)F)cc1. The molecule has 2 N–H and O–H groups in total. The Hall–Kier alpha value is -2.23. The average Bonchev–Trinajstić information content (AvgIpc) is 3.18. The van der Waals surface area contributed by atoms with Crippen molar-refractivity contribution in [3.63, 3.8) is 0 Å². The van der Waals surface area contributed by atoms with Gasteiger partial charge in [0.15, 0.2) is 5.17 Å². The molecular formula is C17H18F3N3O3S. The predicted molar refractivity (Wildman–Crippen MR) is 95.6 cm³/mol. The number of carbonyl (C=O) groups is 2. The number of alkyl halides is 3. The number of anilines is 1. The number of ether oxygens (including phenoxy) is 1. The van der Waals surface area contributed by atoms with E-state index in [1.54, 1.807) is 0 Å². The number of amides is 2. The highest BCUT2D eigenvalue weighted by Crippen LogP contribution is 2.28. The summed E-state index contributed by atoms with van der Waals surface area (Å²) in [6, 6.07) is 5.04. The van der Waals surface area contributed by atoms with Gasteiger partial charge in [-0.2, -0.15) is 0 Å². The Morgan fingerprint density at radius 2 is 1.93 bits per heavy atom. The van der Waals surface area contributed by atoms with Crippen LogP contribution in [0.2, 0.25) is 0 Å². The number of halogens is 3. The van der Waals surface area contributed by atoms with Crippen molar-refractivity contribution >= 4 is 34.4 Å². The molecule has 0 aromatic heterocycles. The van der Waals surface area contributed by atoms with Gasteiger partial charge in [0.05, 0.1) is 6.04 Å². The predicted octanol–water partition coefficient (Wildman–Crippen LogP) is 3.44. The first-order chi connectivity index (χ1) is 12.8. The van der Waals surface area contributed by atoms with Gasteiger partial charge in [-0.3, -0.25) is 14.6 Å². The monoisotopic (exact) mass is 401 g/mol. The molecule has 10 heteroatoms. The van der Waals surface area contributed by atoms with Gasteiger partial charge in [0.1, 0.15) is 11.0 Å². The van der Waals surface area contributed by atoms with Crippen LogP contribution in [-0.4, -0.2) is 34.6 Å². The molecule has 1 aliphatic carbocycles. The first-order valence-electron chi connectivity index (χ1n) is 8.49. The van der Waals surface area contributed by atoms with E-state index in [0.29, 0.717) is 10.9 Å². The van der Waals surface area contributed by atoms with Crippen molar-refractivity contribution in [3.8, 4) is 5.75 Å². The molecule has 0 radical (unpaired) electrons. The number of amidine groups is 1. The van der Waals surface area contributed by atoms with E-state index >= 15 is 0 Å². The van der Waals surface area contributed by atoms with E-state index in [-0.39, 0.29) is 24.1 Å². The lowest BCUT2D eigenvalue weighted by Gasteiger charge is -2.10. The Labute approximate surface area is 157 Å². The minimum atomic E-state index is -4.77. The number of thioether (sulfide) groups is 1. The zero-order valence-corrected chi connectivity index (χ0v) is 15.0. The third-order valence-electron chi connectivity index (χ3n) is 4.14. The van der Waals surface area contributed by atoms with Crippen LogP contribution in [0.25, 0.3) is 0 Å². The van der Waals surface area contributed by atoms with Crippen LogP contribution in [0.1, 0.15) is 32.1 Å². The second-order valence-corrected chi connectivity index (χ2v) is 7.48. The molecule has 1 aromatic carbocycles. The second-order valence-electron chi connectivity index (χ2n) is 6.29. The molecule has 1 heterocycles. The highest BCUT2D eigenvalue weighted by atomic mass is 32.2. The number of carbonyl (C=O) groups excluding carboxylic acids is 2. The zero-order chi connectivity index (χ0) is 19.4. The summed E-state index contributed by atoms with van der Waals surface area (Å²) >= 11 is 1.24. The summed E-state index contributed by atoms with van der Waals surface area (Å²) in [5.41, 5.74) is 0.317. The van der Waals surface area contributed by atoms with Crippen LogP contribution < -0.4 is 15.4 Å². The molecule has 3 rings (SSSR count). The van der Waals surface area contributed by atoms with Crippen LogP contribution in [-0.2, 0) is 9.59 Å². The van der Waals surface area contributed by atoms with E-state index in [1.807, 2.05) is 0 Å². The molecular weight excluding hydrogens is 383 g/mol. The summed E-state index contributed by atoms with van der Waals surface area (Å²) in [6.07, 6.45) is -0.522. The third-order valence-corrected chi connectivity index (χ3v) is 5.24. The first-order valence-corrected chi connectivity index (χ1v) is 9.37. The molecule has 6 nitrogen and oxygen atoms in total. The fourth-order valence-electron chi connectivity index (χ4n) is 2.92. The molecule has 0 spiro atoms. The molecule has 27 heavy (non-hydrogen) atoms. The lowest BCUT2D eigenvalue weighted by molar-refractivity contribution is -0.274. The summed E-state index contributed by atoms with van der Waals surface area (Å²) in [7, 11) is 0. The Morgan fingerprint density at radius 1 is 1.26 bits per heavy atom. The summed E-state index contributed by atoms with van der Waals surface area (Å²) in [4.78, 5) is 28.6. The quantitative estimate of drug-likeness (QED) is 0.792.